The van der Waals surface area contributed by atoms with E-state index in [-0.39, 0.29) is 0 Å². The van der Waals surface area contributed by atoms with Crippen LogP contribution < -0.4 is 0 Å². The summed E-state index contributed by atoms with van der Waals surface area (Å²) in [6, 6.07) is 45.2. The van der Waals surface area contributed by atoms with Crippen molar-refractivity contribution in [2.45, 2.75) is 0 Å². The Morgan fingerprint density at radius 2 is 1.21 bits per heavy atom. The zero-order valence-electron chi connectivity index (χ0n) is 21.1. The van der Waals surface area contributed by atoms with Gasteiger partial charge in [0.25, 0.3) is 0 Å². The van der Waals surface area contributed by atoms with Gasteiger partial charge in [0.05, 0.1) is 27.9 Å². The van der Waals surface area contributed by atoms with Crippen LogP contribution in [0.1, 0.15) is 0 Å². The molecule has 0 saturated heterocycles. The summed E-state index contributed by atoms with van der Waals surface area (Å²) in [7, 11) is 0. The molecule has 0 amide bonds. The highest BCUT2D eigenvalue weighted by Gasteiger charge is 2.17. The Labute approximate surface area is 225 Å². The van der Waals surface area contributed by atoms with E-state index < -0.39 is 0 Å². The first-order chi connectivity index (χ1) is 19.4. The first-order valence-corrected chi connectivity index (χ1v) is 13.2. The van der Waals surface area contributed by atoms with E-state index in [0.717, 1.165) is 22.2 Å². The molecule has 0 aliphatic carbocycles. The summed E-state index contributed by atoms with van der Waals surface area (Å²) in [5.41, 5.74) is 9.07. The third-order valence-corrected chi connectivity index (χ3v) is 7.71. The first-order valence-electron chi connectivity index (χ1n) is 13.2. The van der Waals surface area contributed by atoms with Gasteiger partial charge in [0.2, 0.25) is 0 Å². The molecule has 3 heteroatoms. The lowest BCUT2D eigenvalue weighted by Crippen LogP contribution is -1.96. The fraction of sp³-hybridized carbons (Fsp3) is 0. The summed E-state index contributed by atoms with van der Waals surface area (Å²) in [5.74, 6) is 0. The minimum Gasteiger partial charge on any atom is -0.309 e. The molecule has 0 spiro atoms. The summed E-state index contributed by atoms with van der Waals surface area (Å²) in [6.07, 6.45) is 3.72. The molecule has 3 heterocycles. The van der Waals surface area contributed by atoms with Gasteiger partial charge in [-0.1, -0.05) is 91.0 Å². The zero-order chi connectivity index (χ0) is 25.8. The smallest absolute Gasteiger partial charge is 0.0802 e. The lowest BCUT2D eigenvalue weighted by atomic mass is 9.96. The van der Waals surface area contributed by atoms with E-state index in [4.69, 9.17) is 4.98 Å². The molecule has 0 atom stereocenters. The number of hydrogen-bond acceptors (Lipinski definition) is 2. The standard InChI is InChI=1S/C36H23N3/c1-2-10-29-28(9-1)27(24-14-16-25(17-15-24)31-12-5-6-22-37-31)19-21-33(29)39-32-13-4-3-11-30(32)35-34(39)20-18-26-8-7-23-38-36(26)35/h1-23H. The van der Waals surface area contributed by atoms with Crippen molar-refractivity contribution in [3.8, 4) is 28.1 Å². The SMILES string of the molecule is c1ccc(-c2ccc(-c3ccc(-n4c5ccccc5c5c6ncccc6ccc54)c4ccccc34)cc2)nc1. The highest BCUT2D eigenvalue weighted by molar-refractivity contribution is 6.20. The van der Waals surface area contributed by atoms with Gasteiger partial charge in [-0.05, 0) is 52.9 Å². The van der Waals surface area contributed by atoms with Gasteiger partial charge in [-0.25, -0.2) is 0 Å². The predicted octanol–water partition coefficient (Wildman–Crippen LogP) is 9.21. The Morgan fingerprint density at radius 3 is 2.05 bits per heavy atom. The van der Waals surface area contributed by atoms with E-state index in [9.17, 15) is 0 Å². The van der Waals surface area contributed by atoms with Crippen LogP contribution in [0.3, 0.4) is 0 Å². The largest absolute Gasteiger partial charge is 0.309 e. The number of benzene rings is 5. The van der Waals surface area contributed by atoms with Gasteiger partial charge in [0, 0.05) is 39.5 Å². The summed E-state index contributed by atoms with van der Waals surface area (Å²) < 4.78 is 2.40. The number of pyridine rings is 2. The van der Waals surface area contributed by atoms with Gasteiger partial charge in [-0.3, -0.25) is 9.97 Å². The van der Waals surface area contributed by atoms with Crippen molar-refractivity contribution >= 4 is 43.5 Å². The van der Waals surface area contributed by atoms with Gasteiger partial charge in [-0.2, -0.15) is 0 Å². The zero-order valence-corrected chi connectivity index (χ0v) is 21.1. The van der Waals surface area contributed by atoms with Crippen LogP contribution >= 0.6 is 0 Å². The van der Waals surface area contributed by atoms with Crippen molar-refractivity contribution < 1.29 is 0 Å². The third-order valence-electron chi connectivity index (χ3n) is 7.71. The minimum absolute atomic E-state index is 0.984. The summed E-state index contributed by atoms with van der Waals surface area (Å²) in [6.45, 7) is 0. The molecule has 8 rings (SSSR count). The normalized spacial score (nSPS) is 11.6. The Balaban J connectivity index is 1.37. The van der Waals surface area contributed by atoms with Crippen molar-refractivity contribution in [2.75, 3.05) is 0 Å². The second-order valence-electron chi connectivity index (χ2n) is 9.86. The van der Waals surface area contributed by atoms with E-state index >= 15 is 0 Å². The second kappa shape index (κ2) is 8.64. The molecule has 0 aliphatic rings. The molecule has 0 N–H and O–H groups in total. The summed E-state index contributed by atoms with van der Waals surface area (Å²) >= 11 is 0. The highest BCUT2D eigenvalue weighted by atomic mass is 15.0. The molecule has 39 heavy (non-hydrogen) atoms. The number of fused-ring (bicyclic) bond motifs is 6. The number of para-hydroxylation sites is 1. The maximum atomic E-state index is 4.79. The lowest BCUT2D eigenvalue weighted by Gasteiger charge is -2.15. The van der Waals surface area contributed by atoms with E-state index in [1.165, 1.54) is 49.4 Å². The fourth-order valence-electron chi connectivity index (χ4n) is 5.94. The Bertz CT molecular complexity index is 2160. The van der Waals surface area contributed by atoms with Crippen LogP contribution in [-0.2, 0) is 0 Å². The van der Waals surface area contributed by atoms with E-state index in [2.05, 4.69) is 113 Å². The highest BCUT2D eigenvalue weighted by Crippen LogP contribution is 2.39. The number of hydrogen-bond donors (Lipinski definition) is 0. The molecule has 0 bridgehead atoms. The molecule has 0 unspecified atom stereocenters. The minimum atomic E-state index is 0.984. The van der Waals surface area contributed by atoms with E-state index in [1.807, 2.05) is 36.7 Å². The Hall–Kier alpha value is -5.28. The molecule has 8 aromatic rings. The summed E-state index contributed by atoms with van der Waals surface area (Å²) in [4.78, 5) is 9.30. The molecular formula is C36H23N3. The van der Waals surface area contributed by atoms with Crippen LogP contribution in [0.25, 0.3) is 71.6 Å². The number of aromatic nitrogens is 3. The third kappa shape index (κ3) is 3.37. The van der Waals surface area contributed by atoms with Crippen LogP contribution in [-0.4, -0.2) is 14.5 Å². The number of rotatable bonds is 3. The Morgan fingerprint density at radius 1 is 0.462 bits per heavy atom. The lowest BCUT2D eigenvalue weighted by molar-refractivity contribution is 1.20. The van der Waals surface area contributed by atoms with Crippen LogP contribution in [0.15, 0.2) is 140 Å². The summed E-state index contributed by atoms with van der Waals surface area (Å²) in [5, 5.41) is 6.01. The van der Waals surface area contributed by atoms with Crippen LogP contribution in [0.5, 0.6) is 0 Å². The second-order valence-corrected chi connectivity index (χ2v) is 9.86. The molecule has 182 valence electrons. The Kier molecular flexibility index (Phi) is 4.82. The topological polar surface area (TPSA) is 30.7 Å². The van der Waals surface area contributed by atoms with Gasteiger partial charge < -0.3 is 4.57 Å². The van der Waals surface area contributed by atoms with Crippen LogP contribution in [0.2, 0.25) is 0 Å². The van der Waals surface area contributed by atoms with Crippen LogP contribution in [0, 0.1) is 0 Å². The van der Waals surface area contributed by atoms with Crippen molar-refractivity contribution in [1.82, 2.24) is 14.5 Å². The van der Waals surface area contributed by atoms with Crippen molar-refractivity contribution in [1.29, 1.82) is 0 Å². The van der Waals surface area contributed by atoms with Crippen LogP contribution in [0.4, 0.5) is 0 Å². The molecule has 0 fully saturated rings. The van der Waals surface area contributed by atoms with Gasteiger partial charge in [-0.15, -0.1) is 0 Å². The number of nitrogens with zero attached hydrogens (tertiary/aromatic N) is 3. The monoisotopic (exact) mass is 497 g/mol. The van der Waals surface area contributed by atoms with Gasteiger partial charge in [0.1, 0.15) is 0 Å². The molecule has 5 aromatic carbocycles. The molecule has 0 aliphatic heterocycles. The van der Waals surface area contributed by atoms with Gasteiger partial charge in [0.15, 0.2) is 0 Å². The van der Waals surface area contributed by atoms with Crippen molar-refractivity contribution in [3.05, 3.63) is 140 Å². The molecule has 3 aromatic heterocycles. The van der Waals surface area contributed by atoms with Crippen molar-refractivity contribution in [2.24, 2.45) is 0 Å². The molecule has 3 nitrogen and oxygen atoms in total. The molecular weight excluding hydrogens is 474 g/mol. The maximum Gasteiger partial charge on any atom is 0.0802 e. The quantitative estimate of drug-likeness (QED) is 0.244. The van der Waals surface area contributed by atoms with E-state index in [1.54, 1.807) is 0 Å². The first kappa shape index (κ1) is 21.8. The molecule has 0 saturated carbocycles. The predicted molar refractivity (Wildman–Crippen MR) is 162 cm³/mol. The average Bonchev–Trinajstić information content (AvgIpc) is 3.36. The van der Waals surface area contributed by atoms with Gasteiger partial charge >= 0.3 is 0 Å². The van der Waals surface area contributed by atoms with Crippen molar-refractivity contribution in [3.63, 3.8) is 0 Å². The van der Waals surface area contributed by atoms with E-state index in [0.29, 0.717) is 0 Å². The maximum absolute atomic E-state index is 4.79. The average molecular weight is 498 g/mol. The fourth-order valence-corrected chi connectivity index (χ4v) is 5.94. The molecule has 0 radical (unpaired) electrons.